The van der Waals surface area contributed by atoms with Gasteiger partial charge in [0.2, 0.25) is 11.8 Å². The summed E-state index contributed by atoms with van der Waals surface area (Å²) in [5.41, 5.74) is 0.801. The van der Waals surface area contributed by atoms with Crippen molar-refractivity contribution in [3.63, 3.8) is 0 Å². The molecule has 2 atom stereocenters. The third-order valence-corrected chi connectivity index (χ3v) is 6.00. The molecule has 1 aliphatic rings. The van der Waals surface area contributed by atoms with Crippen molar-refractivity contribution in [2.45, 2.75) is 57.6 Å². The zero-order valence-electron chi connectivity index (χ0n) is 19.5. The fourth-order valence-corrected chi connectivity index (χ4v) is 4.15. The first-order valence-electron chi connectivity index (χ1n) is 11.7. The maximum absolute atomic E-state index is 14.0. The normalized spacial score (nSPS) is 17.5. The molecule has 190 valence electrons. The Balaban J connectivity index is 1.40. The van der Waals surface area contributed by atoms with Gasteiger partial charge in [0.05, 0.1) is 18.8 Å². The van der Waals surface area contributed by atoms with E-state index in [1.165, 1.54) is 6.07 Å². The molecule has 0 unspecified atom stereocenters. The summed E-state index contributed by atoms with van der Waals surface area (Å²) in [5, 5.41) is 16.2. The molecule has 0 aliphatic heterocycles. The molecule has 1 aliphatic carbocycles. The van der Waals surface area contributed by atoms with Gasteiger partial charge < -0.3 is 19.9 Å². The summed E-state index contributed by atoms with van der Waals surface area (Å²) in [7, 11) is 0. The first-order chi connectivity index (χ1) is 17.4. The van der Waals surface area contributed by atoms with Gasteiger partial charge in [-0.2, -0.15) is 5.10 Å². The number of carboxylic acids is 1. The van der Waals surface area contributed by atoms with Gasteiger partial charge in [-0.25, -0.2) is 18.3 Å². The predicted molar refractivity (Wildman–Crippen MR) is 125 cm³/mol. The summed E-state index contributed by atoms with van der Waals surface area (Å²) in [6.07, 6.45) is 3.40. The van der Waals surface area contributed by atoms with E-state index in [1.54, 1.807) is 0 Å². The zero-order chi connectivity index (χ0) is 25.5. The lowest BCUT2D eigenvalue weighted by Crippen LogP contribution is -2.47. The highest BCUT2D eigenvalue weighted by molar-refractivity contribution is 5.85. The number of nitrogens with zero attached hydrogens (tertiary/aromatic N) is 2. The van der Waals surface area contributed by atoms with Gasteiger partial charge in [-0.05, 0) is 30.5 Å². The first-order valence-corrected chi connectivity index (χ1v) is 11.7. The van der Waals surface area contributed by atoms with Crippen LogP contribution in [0.4, 0.5) is 8.78 Å². The number of nitrogens with one attached hydrogen (secondary N) is 1. The number of carbonyl (C=O) groups excluding carboxylic acids is 1. The van der Waals surface area contributed by atoms with Gasteiger partial charge in [-0.3, -0.25) is 4.79 Å². The second kappa shape index (κ2) is 11.8. The van der Waals surface area contributed by atoms with Crippen molar-refractivity contribution in [1.82, 2.24) is 15.1 Å². The summed E-state index contributed by atoms with van der Waals surface area (Å²) < 4.78 is 39.9. The summed E-state index contributed by atoms with van der Waals surface area (Å²) in [5.74, 6) is -3.22. The van der Waals surface area contributed by atoms with E-state index >= 15 is 0 Å². The van der Waals surface area contributed by atoms with Crippen molar-refractivity contribution in [2.24, 2.45) is 0 Å². The Morgan fingerprint density at radius 1 is 1.06 bits per heavy atom. The SMILES string of the molecule is O=C(Cn1nc(C(=O)O)cc1OCc1ccc(F)cc1F)N[C@H]1CCCC[C@@H]1OCc1ccccc1. The second-order valence-corrected chi connectivity index (χ2v) is 8.65. The number of carboxylic acid groups (broad SMARTS) is 1. The minimum atomic E-state index is -1.30. The van der Waals surface area contributed by atoms with Crippen LogP contribution in [0.5, 0.6) is 5.88 Å². The van der Waals surface area contributed by atoms with Crippen molar-refractivity contribution < 1.29 is 33.0 Å². The van der Waals surface area contributed by atoms with Crippen LogP contribution in [0.25, 0.3) is 0 Å². The maximum Gasteiger partial charge on any atom is 0.356 e. The average Bonchev–Trinajstić information content (AvgIpc) is 3.26. The van der Waals surface area contributed by atoms with E-state index in [0.717, 1.165) is 54.1 Å². The number of aromatic nitrogens is 2. The number of hydrogen-bond donors (Lipinski definition) is 2. The van der Waals surface area contributed by atoms with Crippen molar-refractivity contribution in [1.29, 1.82) is 0 Å². The van der Waals surface area contributed by atoms with Crippen LogP contribution in [0, 0.1) is 11.6 Å². The number of aromatic carboxylic acids is 1. The minimum Gasteiger partial charge on any atom is -0.476 e. The Kier molecular flexibility index (Phi) is 8.27. The molecule has 1 saturated carbocycles. The molecule has 10 heteroatoms. The first kappa shape index (κ1) is 25.3. The minimum absolute atomic E-state index is 0.0215. The van der Waals surface area contributed by atoms with E-state index in [0.29, 0.717) is 6.61 Å². The van der Waals surface area contributed by atoms with Gasteiger partial charge in [0.25, 0.3) is 0 Å². The van der Waals surface area contributed by atoms with Gasteiger partial charge in [0.1, 0.15) is 24.8 Å². The van der Waals surface area contributed by atoms with Crippen molar-refractivity contribution in [3.05, 3.63) is 83.1 Å². The highest BCUT2D eigenvalue weighted by atomic mass is 19.1. The van der Waals surface area contributed by atoms with E-state index in [-0.39, 0.29) is 48.3 Å². The number of rotatable bonds is 10. The molecule has 2 N–H and O–H groups in total. The maximum atomic E-state index is 14.0. The summed E-state index contributed by atoms with van der Waals surface area (Å²) in [6.45, 7) is -0.149. The molecular formula is C26H27F2N3O5. The standard InChI is InChI=1S/C26H27F2N3O5/c27-19-11-10-18(20(28)12-19)16-36-25-13-22(26(33)34)30-31(25)14-24(32)29-21-8-4-5-9-23(21)35-15-17-6-2-1-3-7-17/h1-3,6-7,10-13,21,23H,4-5,8-9,14-16H2,(H,29,32)(H,33,34)/t21-,23-/m0/s1. The lowest BCUT2D eigenvalue weighted by Gasteiger charge is -2.32. The lowest BCUT2D eigenvalue weighted by molar-refractivity contribution is -0.124. The van der Waals surface area contributed by atoms with E-state index in [1.807, 2.05) is 30.3 Å². The number of carbonyl (C=O) groups is 2. The third kappa shape index (κ3) is 6.66. The van der Waals surface area contributed by atoms with Gasteiger partial charge in [0, 0.05) is 17.7 Å². The summed E-state index contributed by atoms with van der Waals surface area (Å²) in [4.78, 5) is 24.3. The number of hydrogen-bond acceptors (Lipinski definition) is 5. The molecule has 0 radical (unpaired) electrons. The van der Waals surface area contributed by atoms with E-state index in [4.69, 9.17) is 9.47 Å². The number of halogens is 2. The Morgan fingerprint density at radius 2 is 1.83 bits per heavy atom. The average molecular weight is 500 g/mol. The Labute approximate surface area is 206 Å². The van der Waals surface area contributed by atoms with E-state index < -0.39 is 17.6 Å². The van der Waals surface area contributed by atoms with Gasteiger partial charge in [0.15, 0.2) is 5.69 Å². The second-order valence-electron chi connectivity index (χ2n) is 8.65. The number of ether oxygens (including phenoxy) is 2. The smallest absolute Gasteiger partial charge is 0.356 e. The molecule has 8 nitrogen and oxygen atoms in total. The van der Waals surface area contributed by atoms with Crippen LogP contribution >= 0.6 is 0 Å². The molecule has 0 spiro atoms. The lowest BCUT2D eigenvalue weighted by atomic mass is 9.92. The molecule has 0 bridgehead atoms. The largest absolute Gasteiger partial charge is 0.476 e. The topological polar surface area (TPSA) is 103 Å². The number of amides is 1. The molecule has 0 saturated heterocycles. The summed E-state index contributed by atoms with van der Waals surface area (Å²) in [6, 6.07) is 13.8. The highest BCUT2D eigenvalue weighted by Crippen LogP contribution is 2.23. The van der Waals surface area contributed by atoms with Crippen LogP contribution in [0.3, 0.4) is 0 Å². The van der Waals surface area contributed by atoms with Crippen LogP contribution in [-0.2, 0) is 29.3 Å². The molecule has 36 heavy (non-hydrogen) atoms. The fourth-order valence-electron chi connectivity index (χ4n) is 4.15. The Hall–Kier alpha value is -3.79. The van der Waals surface area contributed by atoms with E-state index in [9.17, 15) is 23.5 Å². The van der Waals surface area contributed by atoms with Gasteiger partial charge >= 0.3 is 5.97 Å². The monoisotopic (exact) mass is 499 g/mol. The van der Waals surface area contributed by atoms with Crippen LogP contribution < -0.4 is 10.1 Å². The molecule has 1 fully saturated rings. The molecule has 2 aromatic carbocycles. The van der Waals surface area contributed by atoms with E-state index in [2.05, 4.69) is 10.4 Å². The molecule has 4 rings (SSSR count). The zero-order valence-corrected chi connectivity index (χ0v) is 19.5. The van der Waals surface area contributed by atoms with Crippen LogP contribution in [0.2, 0.25) is 0 Å². The van der Waals surface area contributed by atoms with Gasteiger partial charge in [-0.15, -0.1) is 0 Å². The Bertz CT molecular complexity index is 1200. The van der Waals surface area contributed by atoms with Crippen molar-refractivity contribution >= 4 is 11.9 Å². The molecule has 1 amide bonds. The molecule has 1 aromatic heterocycles. The van der Waals surface area contributed by atoms with Gasteiger partial charge in [-0.1, -0.05) is 43.2 Å². The molecular weight excluding hydrogens is 472 g/mol. The number of benzene rings is 2. The van der Waals surface area contributed by atoms with Crippen LogP contribution in [-0.4, -0.2) is 38.9 Å². The highest BCUT2D eigenvalue weighted by Gasteiger charge is 2.28. The molecule has 3 aromatic rings. The summed E-state index contributed by atoms with van der Waals surface area (Å²) >= 11 is 0. The van der Waals surface area contributed by atoms with Crippen LogP contribution in [0.1, 0.15) is 47.3 Å². The quantitative estimate of drug-likeness (QED) is 0.436. The fraction of sp³-hybridized carbons (Fsp3) is 0.346. The Morgan fingerprint density at radius 3 is 2.58 bits per heavy atom. The molecule has 1 heterocycles. The van der Waals surface area contributed by atoms with Crippen molar-refractivity contribution in [2.75, 3.05) is 0 Å². The predicted octanol–water partition coefficient (Wildman–Crippen LogP) is 4.08. The van der Waals surface area contributed by atoms with Crippen molar-refractivity contribution in [3.8, 4) is 5.88 Å². The third-order valence-electron chi connectivity index (χ3n) is 6.00. The van der Waals surface area contributed by atoms with Crippen LogP contribution in [0.15, 0.2) is 54.6 Å².